The lowest BCUT2D eigenvalue weighted by Crippen LogP contribution is -2.54. The van der Waals surface area contributed by atoms with Crippen LogP contribution < -0.4 is 0 Å². The van der Waals surface area contributed by atoms with E-state index in [0.717, 1.165) is 5.92 Å². The van der Waals surface area contributed by atoms with E-state index in [1.54, 1.807) is 0 Å². The molecule has 0 aromatic heterocycles. The Morgan fingerprint density at radius 2 is 1.76 bits per heavy atom. The van der Waals surface area contributed by atoms with Gasteiger partial charge in [-0.1, -0.05) is 6.92 Å². The normalized spacial score (nSPS) is 31.2. The van der Waals surface area contributed by atoms with Crippen LogP contribution in [0, 0.1) is 5.92 Å². The van der Waals surface area contributed by atoms with Gasteiger partial charge in [-0.2, -0.15) is 0 Å². The van der Waals surface area contributed by atoms with Crippen LogP contribution in [-0.4, -0.2) is 62.3 Å². The average molecular weight is 242 g/mol. The maximum Gasteiger partial charge on any atom is 0.128 e. The molecule has 0 amide bonds. The van der Waals surface area contributed by atoms with Gasteiger partial charge in [0.2, 0.25) is 0 Å². The zero-order valence-corrected chi connectivity index (χ0v) is 12.8. The van der Waals surface area contributed by atoms with Gasteiger partial charge in [0.1, 0.15) is 13.1 Å². The first-order valence-electron chi connectivity index (χ1n) is 7.60. The molecule has 0 aliphatic carbocycles. The van der Waals surface area contributed by atoms with E-state index in [1.165, 1.54) is 67.5 Å². The Bertz CT molecular complexity index is 223. The van der Waals surface area contributed by atoms with Crippen molar-refractivity contribution in [3.8, 4) is 0 Å². The molecule has 0 N–H and O–H groups in total. The van der Waals surface area contributed by atoms with E-state index in [4.69, 9.17) is 0 Å². The summed E-state index contributed by atoms with van der Waals surface area (Å²) in [5.41, 5.74) is 0. The molecule has 1 saturated heterocycles. The molecule has 0 saturated carbocycles. The van der Waals surface area contributed by atoms with E-state index in [1.807, 2.05) is 0 Å². The van der Waals surface area contributed by atoms with Crippen molar-refractivity contribution in [2.45, 2.75) is 40.0 Å². The van der Waals surface area contributed by atoms with Crippen molar-refractivity contribution >= 4 is 0 Å². The summed E-state index contributed by atoms with van der Waals surface area (Å²) in [6, 6.07) is 0. The standard InChI is InChI=1S/C15H34N2/c1-6-16(4,7-2)13-14-17(5)11-8-9-15(3)10-12-17/h15H,6-14H2,1-5H3/q+2. The number of likely N-dealkylation sites (N-methyl/N-ethyl adjacent to an activating group) is 2. The predicted molar refractivity (Wildman–Crippen MR) is 75.9 cm³/mol. The van der Waals surface area contributed by atoms with Gasteiger partial charge in [-0.3, -0.25) is 0 Å². The van der Waals surface area contributed by atoms with E-state index in [2.05, 4.69) is 34.9 Å². The summed E-state index contributed by atoms with van der Waals surface area (Å²) in [5.74, 6) is 0.952. The lowest BCUT2D eigenvalue weighted by molar-refractivity contribution is -0.962. The van der Waals surface area contributed by atoms with E-state index >= 15 is 0 Å². The van der Waals surface area contributed by atoms with Crippen molar-refractivity contribution < 1.29 is 8.97 Å². The van der Waals surface area contributed by atoms with Crippen LogP contribution in [0.4, 0.5) is 0 Å². The lowest BCUT2D eigenvalue weighted by atomic mass is 10.0. The topological polar surface area (TPSA) is 0 Å². The number of rotatable bonds is 5. The minimum Gasteiger partial charge on any atom is -0.322 e. The molecule has 0 spiro atoms. The Morgan fingerprint density at radius 1 is 1.12 bits per heavy atom. The highest BCUT2D eigenvalue weighted by molar-refractivity contribution is 4.58. The molecule has 0 aromatic carbocycles. The summed E-state index contributed by atoms with van der Waals surface area (Å²) in [7, 11) is 4.89. The largest absolute Gasteiger partial charge is 0.322 e. The summed E-state index contributed by atoms with van der Waals surface area (Å²) in [6.07, 6.45) is 4.31. The van der Waals surface area contributed by atoms with E-state index < -0.39 is 0 Å². The highest BCUT2D eigenvalue weighted by atomic mass is 15.4. The summed E-state index contributed by atoms with van der Waals surface area (Å²) in [6.45, 7) is 15.1. The third kappa shape index (κ3) is 4.59. The Kier molecular flexibility index (Phi) is 5.46. The van der Waals surface area contributed by atoms with Crippen LogP contribution in [0.3, 0.4) is 0 Å². The van der Waals surface area contributed by atoms with Crippen LogP contribution in [0.25, 0.3) is 0 Å². The van der Waals surface area contributed by atoms with Gasteiger partial charge in [0.25, 0.3) is 0 Å². The van der Waals surface area contributed by atoms with E-state index in [9.17, 15) is 0 Å². The van der Waals surface area contributed by atoms with Crippen molar-refractivity contribution in [2.75, 3.05) is 53.4 Å². The molecule has 2 nitrogen and oxygen atoms in total. The number of hydrogen-bond donors (Lipinski definition) is 0. The second-order valence-electron chi connectivity index (χ2n) is 6.80. The van der Waals surface area contributed by atoms with Crippen molar-refractivity contribution in [3.05, 3.63) is 0 Å². The summed E-state index contributed by atoms with van der Waals surface area (Å²) in [5, 5.41) is 0. The van der Waals surface area contributed by atoms with Crippen molar-refractivity contribution in [3.63, 3.8) is 0 Å². The molecule has 1 aliphatic heterocycles. The first-order chi connectivity index (χ1) is 7.93. The minimum absolute atomic E-state index is 0.952. The Labute approximate surface area is 109 Å². The molecule has 1 rings (SSSR count). The van der Waals surface area contributed by atoms with E-state index in [-0.39, 0.29) is 0 Å². The second-order valence-corrected chi connectivity index (χ2v) is 6.80. The molecule has 1 heterocycles. The maximum absolute atomic E-state index is 2.48. The van der Waals surface area contributed by atoms with Gasteiger partial charge in [0, 0.05) is 0 Å². The predicted octanol–water partition coefficient (Wildman–Crippen LogP) is 2.74. The fraction of sp³-hybridized carbons (Fsp3) is 1.00. The smallest absolute Gasteiger partial charge is 0.128 e. The van der Waals surface area contributed by atoms with E-state index in [0.29, 0.717) is 0 Å². The molecule has 2 unspecified atom stereocenters. The molecular weight excluding hydrogens is 208 g/mol. The maximum atomic E-state index is 2.48. The minimum atomic E-state index is 0.952. The van der Waals surface area contributed by atoms with Gasteiger partial charge in [-0.25, -0.2) is 0 Å². The molecule has 102 valence electrons. The zero-order chi connectivity index (χ0) is 12.9. The molecule has 0 radical (unpaired) electrons. The highest BCUT2D eigenvalue weighted by Crippen LogP contribution is 2.21. The van der Waals surface area contributed by atoms with Crippen molar-refractivity contribution in [1.82, 2.24) is 0 Å². The van der Waals surface area contributed by atoms with Gasteiger partial charge >= 0.3 is 0 Å². The van der Waals surface area contributed by atoms with Gasteiger partial charge in [-0.15, -0.1) is 0 Å². The zero-order valence-electron chi connectivity index (χ0n) is 12.8. The number of hydrogen-bond acceptors (Lipinski definition) is 0. The second kappa shape index (κ2) is 6.19. The first-order valence-corrected chi connectivity index (χ1v) is 7.60. The summed E-state index contributed by atoms with van der Waals surface area (Å²) < 4.78 is 2.56. The van der Waals surface area contributed by atoms with Gasteiger partial charge in [0.05, 0.1) is 40.3 Å². The monoisotopic (exact) mass is 242 g/mol. The molecule has 1 fully saturated rings. The highest BCUT2D eigenvalue weighted by Gasteiger charge is 2.29. The average Bonchev–Trinajstić information content (AvgIpc) is 2.50. The van der Waals surface area contributed by atoms with Crippen LogP contribution in [0.15, 0.2) is 0 Å². The van der Waals surface area contributed by atoms with Crippen molar-refractivity contribution in [1.29, 1.82) is 0 Å². The van der Waals surface area contributed by atoms with Gasteiger partial charge < -0.3 is 8.97 Å². The quantitative estimate of drug-likeness (QED) is 0.650. The Morgan fingerprint density at radius 3 is 2.35 bits per heavy atom. The van der Waals surface area contributed by atoms with Gasteiger partial charge in [-0.05, 0) is 39.0 Å². The third-order valence-electron chi connectivity index (χ3n) is 5.26. The first kappa shape index (κ1) is 15.0. The molecular formula is C15H34N2+2. The van der Waals surface area contributed by atoms with Gasteiger partial charge in [0.15, 0.2) is 0 Å². The van der Waals surface area contributed by atoms with Crippen LogP contribution in [0.1, 0.15) is 40.0 Å². The third-order valence-corrected chi connectivity index (χ3v) is 5.26. The molecule has 2 atom stereocenters. The van der Waals surface area contributed by atoms with Crippen LogP contribution in [0.2, 0.25) is 0 Å². The molecule has 0 aromatic rings. The molecule has 2 heteroatoms. The molecule has 17 heavy (non-hydrogen) atoms. The van der Waals surface area contributed by atoms with Crippen molar-refractivity contribution in [2.24, 2.45) is 5.92 Å². The van der Waals surface area contributed by atoms with Crippen LogP contribution >= 0.6 is 0 Å². The molecule has 0 bridgehead atoms. The Balaban J connectivity index is 2.48. The lowest BCUT2D eigenvalue weighted by Gasteiger charge is -2.38. The summed E-state index contributed by atoms with van der Waals surface area (Å²) >= 11 is 0. The number of nitrogens with zero attached hydrogens (tertiary/aromatic N) is 2. The van der Waals surface area contributed by atoms with Crippen LogP contribution in [-0.2, 0) is 0 Å². The Hall–Kier alpha value is -0.0800. The van der Waals surface area contributed by atoms with Crippen LogP contribution in [0.5, 0.6) is 0 Å². The summed E-state index contributed by atoms with van der Waals surface area (Å²) in [4.78, 5) is 0. The number of quaternary nitrogens is 2. The fourth-order valence-corrected chi connectivity index (χ4v) is 2.86. The number of likely N-dealkylation sites (tertiary alicyclic amines) is 1. The SMILES string of the molecule is CC[N+](C)(CC)CC[N+]1(C)CCCC(C)CC1. The molecule has 1 aliphatic rings. The fourth-order valence-electron chi connectivity index (χ4n) is 2.86.